The number of aliphatic hydroxyl groups excluding tert-OH is 1. The maximum Gasteiger partial charge on any atom is 0.119 e. The van der Waals surface area contributed by atoms with Crippen molar-refractivity contribution in [3.8, 4) is 5.75 Å². The van der Waals surface area contributed by atoms with E-state index >= 15 is 0 Å². The molecule has 1 atom stereocenters. The Hall–Kier alpha value is -1.06. The van der Waals surface area contributed by atoms with E-state index < -0.39 is 6.10 Å². The molecule has 1 aromatic rings. The molecule has 0 bridgehead atoms. The van der Waals surface area contributed by atoms with Gasteiger partial charge >= 0.3 is 0 Å². The summed E-state index contributed by atoms with van der Waals surface area (Å²) < 4.78 is 6.00. The molecule has 0 radical (unpaired) electrons. The number of nitrogens with two attached hydrogens (primary N) is 1. The van der Waals surface area contributed by atoms with Crippen LogP contribution in [0.3, 0.4) is 0 Å². The second-order valence-electron chi connectivity index (χ2n) is 6.26. The summed E-state index contributed by atoms with van der Waals surface area (Å²) in [6, 6.07) is 7.74. The summed E-state index contributed by atoms with van der Waals surface area (Å²) in [5, 5.41) is 10.0. The first-order chi connectivity index (χ1) is 10.0. The Labute approximate surface area is 129 Å². The van der Waals surface area contributed by atoms with E-state index in [1.165, 1.54) is 25.7 Å². The quantitative estimate of drug-likeness (QED) is 0.684. The summed E-state index contributed by atoms with van der Waals surface area (Å²) in [7, 11) is 0. The molecule has 0 saturated heterocycles. The third-order valence-corrected chi connectivity index (χ3v) is 3.98. The predicted octanol–water partition coefficient (Wildman–Crippen LogP) is 4.05. The molecule has 3 N–H and O–H groups in total. The molecule has 0 aliphatic carbocycles. The Morgan fingerprint density at radius 3 is 2.48 bits per heavy atom. The van der Waals surface area contributed by atoms with Crippen molar-refractivity contribution >= 4 is 0 Å². The standard InChI is InChI=1S/C18H31NO2/c1-4-10-18(3,11-5-2)14-21-16-8-6-7-15(13-16)17(20)9-12-19/h6-8,13,17,20H,4-5,9-12,14,19H2,1-3H3/t17-/m0/s1. The summed E-state index contributed by atoms with van der Waals surface area (Å²) in [6.07, 6.45) is 4.78. The minimum atomic E-state index is -0.504. The number of hydrogen-bond donors (Lipinski definition) is 2. The molecular formula is C18H31NO2. The Balaban J connectivity index is 2.67. The largest absolute Gasteiger partial charge is 0.493 e. The van der Waals surface area contributed by atoms with Crippen LogP contribution in [0, 0.1) is 5.41 Å². The second-order valence-corrected chi connectivity index (χ2v) is 6.26. The van der Waals surface area contributed by atoms with Crippen LogP contribution < -0.4 is 10.5 Å². The highest BCUT2D eigenvalue weighted by Crippen LogP contribution is 2.30. The Morgan fingerprint density at radius 1 is 1.24 bits per heavy atom. The van der Waals surface area contributed by atoms with Crippen LogP contribution in [-0.2, 0) is 0 Å². The van der Waals surface area contributed by atoms with Crippen molar-refractivity contribution in [2.75, 3.05) is 13.2 Å². The minimum Gasteiger partial charge on any atom is -0.493 e. The van der Waals surface area contributed by atoms with E-state index in [1.807, 2.05) is 24.3 Å². The van der Waals surface area contributed by atoms with E-state index in [9.17, 15) is 5.11 Å². The molecule has 3 nitrogen and oxygen atoms in total. The van der Waals surface area contributed by atoms with Gasteiger partial charge in [0.2, 0.25) is 0 Å². The van der Waals surface area contributed by atoms with Gasteiger partial charge in [-0.2, -0.15) is 0 Å². The summed E-state index contributed by atoms with van der Waals surface area (Å²) in [5.41, 5.74) is 6.61. The van der Waals surface area contributed by atoms with E-state index in [0.29, 0.717) is 13.0 Å². The van der Waals surface area contributed by atoms with Crippen LogP contribution in [0.4, 0.5) is 0 Å². The first-order valence-electron chi connectivity index (χ1n) is 8.15. The van der Waals surface area contributed by atoms with Crippen molar-refractivity contribution in [1.29, 1.82) is 0 Å². The van der Waals surface area contributed by atoms with Crippen LogP contribution >= 0.6 is 0 Å². The van der Waals surface area contributed by atoms with Crippen LogP contribution in [-0.4, -0.2) is 18.3 Å². The molecule has 1 rings (SSSR count). The van der Waals surface area contributed by atoms with Crippen molar-refractivity contribution in [2.45, 2.75) is 59.0 Å². The maximum atomic E-state index is 10.0. The molecule has 0 fully saturated rings. The third-order valence-electron chi connectivity index (χ3n) is 3.98. The fraction of sp³-hybridized carbons (Fsp3) is 0.667. The van der Waals surface area contributed by atoms with Crippen LogP contribution in [0.25, 0.3) is 0 Å². The number of rotatable bonds is 10. The summed E-state index contributed by atoms with van der Waals surface area (Å²) in [4.78, 5) is 0. The van der Waals surface area contributed by atoms with Crippen molar-refractivity contribution < 1.29 is 9.84 Å². The molecule has 1 aromatic carbocycles. The Bertz CT molecular complexity index is 400. The molecule has 0 saturated carbocycles. The highest BCUT2D eigenvalue weighted by atomic mass is 16.5. The normalized spacial score (nSPS) is 13.2. The lowest BCUT2D eigenvalue weighted by atomic mass is 9.82. The van der Waals surface area contributed by atoms with Gasteiger partial charge in [-0.05, 0) is 43.5 Å². The molecule has 21 heavy (non-hydrogen) atoms. The topological polar surface area (TPSA) is 55.5 Å². The average Bonchev–Trinajstić information content (AvgIpc) is 2.46. The summed E-state index contributed by atoms with van der Waals surface area (Å²) in [5.74, 6) is 0.835. The van der Waals surface area contributed by atoms with Gasteiger partial charge in [-0.3, -0.25) is 0 Å². The molecule has 0 aromatic heterocycles. The van der Waals surface area contributed by atoms with Gasteiger partial charge < -0.3 is 15.6 Å². The average molecular weight is 293 g/mol. The van der Waals surface area contributed by atoms with Gasteiger partial charge in [0.1, 0.15) is 5.75 Å². The lowest BCUT2D eigenvalue weighted by Crippen LogP contribution is -2.25. The van der Waals surface area contributed by atoms with Crippen molar-refractivity contribution in [3.05, 3.63) is 29.8 Å². The SMILES string of the molecule is CCCC(C)(CCC)COc1cccc([C@@H](O)CCN)c1. The van der Waals surface area contributed by atoms with Crippen LogP contribution in [0.15, 0.2) is 24.3 Å². The summed E-state index contributed by atoms with van der Waals surface area (Å²) >= 11 is 0. The smallest absolute Gasteiger partial charge is 0.119 e. The van der Waals surface area contributed by atoms with E-state index in [1.54, 1.807) is 0 Å². The van der Waals surface area contributed by atoms with Gasteiger partial charge in [-0.1, -0.05) is 45.7 Å². The van der Waals surface area contributed by atoms with Gasteiger partial charge in [-0.25, -0.2) is 0 Å². The number of ether oxygens (including phenoxy) is 1. The molecule has 0 aliphatic heterocycles. The van der Waals surface area contributed by atoms with E-state index in [2.05, 4.69) is 20.8 Å². The first kappa shape index (κ1) is 18.0. The lowest BCUT2D eigenvalue weighted by molar-refractivity contribution is 0.137. The van der Waals surface area contributed by atoms with Gasteiger partial charge in [0.05, 0.1) is 12.7 Å². The van der Waals surface area contributed by atoms with Crippen molar-refractivity contribution in [3.63, 3.8) is 0 Å². The number of hydrogen-bond acceptors (Lipinski definition) is 3. The van der Waals surface area contributed by atoms with Gasteiger partial charge in [-0.15, -0.1) is 0 Å². The minimum absolute atomic E-state index is 0.232. The third kappa shape index (κ3) is 6.06. The first-order valence-corrected chi connectivity index (χ1v) is 8.15. The monoisotopic (exact) mass is 293 g/mol. The fourth-order valence-electron chi connectivity index (χ4n) is 2.87. The van der Waals surface area contributed by atoms with Crippen LogP contribution in [0.1, 0.15) is 64.5 Å². The lowest BCUT2D eigenvalue weighted by Gasteiger charge is -2.29. The maximum absolute atomic E-state index is 10.0. The molecule has 0 unspecified atom stereocenters. The highest BCUT2D eigenvalue weighted by molar-refractivity contribution is 5.30. The van der Waals surface area contributed by atoms with Crippen molar-refractivity contribution in [2.24, 2.45) is 11.1 Å². The fourth-order valence-corrected chi connectivity index (χ4v) is 2.87. The van der Waals surface area contributed by atoms with Crippen LogP contribution in [0.2, 0.25) is 0 Å². The van der Waals surface area contributed by atoms with Gasteiger partial charge in [0.15, 0.2) is 0 Å². The van der Waals surface area contributed by atoms with Gasteiger partial charge in [0, 0.05) is 5.41 Å². The molecule has 0 heterocycles. The van der Waals surface area contributed by atoms with Crippen molar-refractivity contribution in [1.82, 2.24) is 0 Å². The molecule has 120 valence electrons. The second kappa shape index (κ2) is 9.06. The number of aliphatic hydroxyl groups is 1. The molecule has 0 amide bonds. The summed E-state index contributed by atoms with van der Waals surface area (Å²) in [6.45, 7) is 7.95. The van der Waals surface area contributed by atoms with Crippen LogP contribution in [0.5, 0.6) is 5.75 Å². The molecule has 0 aliphatic rings. The predicted molar refractivity (Wildman–Crippen MR) is 88.5 cm³/mol. The Kier molecular flexibility index (Phi) is 7.76. The zero-order chi connectivity index (χ0) is 15.7. The molecule has 0 spiro atoms. The highest BCUT2D eigenvalue weighted by Gasteiger charge is 2.23. The van der Waals surface area contributed by atoms with E-state index in [-0.39, 0.29) is 5.41 Å². The molecule has 3 heteroatoms. The zero-order valence-electron chi connectivity index (χ0n) is 13.8. The van der Waals surface area contributed by atoms with E-state index in [0.717, 1.165) is 17.9 Å². The molecular weight excluding hydrogens is 262 g/mol. The Morgan fingerprint density at radius 2 is 1.90 bits per heavy atom. The van der Waals surface area contributed by atoms with Gasteiger partial charge in [0.25, 0.3) is 0 Å². The number of benzene rings is 1. The van der Waals surface area contributed by atoms with E-state index in [4.69, 9.17) is 10.5 Å². The zero-order valence-corrected chi connectivity index (χ0v) is 13.8.